The Kier molecular flexibility index (Phi) is 8.04. The van der Waals surface area contributed by atoms with Gasteiger partial charge in [-0.15, -0.1) is 0 Å². The molecule has 1 amide bonds. The molecular formula is C17H28N4O. The van der Waals surface area contributed by atoms with Gasteiger partial charge in [-0.05, 0) is 36.5 Å². The average Bonchev–Trinajstić information content (AvgIpc) is 2.53. The van der Waals surface area contributed by atoms with Crippen LogP contribution in [0.25, 0.3) is 0 Å². The van der Waals surface area contributed by atoms with E-state index in [0.29, 0.717) is 12.1 Å². The zero-order valence-corrected chi connectivity index (χ0v) is 14.1. The van der Waals surface area contributed by atoms with Crippen LogP contribution in [0.4, 0.5) is 0 Å². The highest BCUT2D eigenvalue weighted by atomic mass is 16.1. The van der Waals surface area contributed by atoms with E-state index in [2.05, 4.69) is 34.8 Å². The van der Waals surface area contributed by atoms with Crippen LogP contribution in [0.2, 0.25) is 0 Å². The van der Waals surface area contributed by atoms with Crippen LogP contribution in [-0.4, -0.2) is 32.5 Å². The molecule has 0 fully saturated rings. The van der Waals surface area contributed by atoms with E-state index in [1.54, 1.807) is 20.2 Å². The molecule has 0 radical (unpaired) electrons. The fourth-order valence-electron chi connectivity index (χ4n) is 2.09. The molecule has 0 aliphatic carbocycles. The first-order valence-corrected chi connectivity index (χ1v) is 7.82. The van der Waals surface area contributed by atoms with Crippen molar-refractivity contribution in [3.05, 3.63) is 35.4 Å². The summed E-state index contributed by atoms with van der Waals surface area (Å²) in [5.74, 6) is 1.44. The molecule has 0 aliphatic rings. The third-order valence-electron chi connectivity index (χ3n) is 3.35. The van der Waals surface area contributed by atoms with E-state index in [0.717, 1.165) is 30.4 Å². The minimum atomic E-state index is -0.0713. The van der Waals surface area contributed by atoms with E-state index in [-0.39, 0.29) is 5.91 Å². The summed E-state index contributed by atoms with van der Waals surface area (Å²) in [5, 5.41) is 9.20. The number of carbonyl (C=O) groups is 1. The number of guanidine groups is 1. The van der Waals surface area contributed by atoms with Gasteiger partial charge < -0.3 is 16.0 Å². The van der Waals surface area contributed by atoms with Gasteiger partial charge in [0.15, 0.2) is 5.96 Å². The highest BCUT2D eigenvalue weighted by Crippen LogP contribution is 2.05. The number of carbonyl (C=O) groups excluding carboxylic acids is 1. The van der Waals surface area contributed by atoms with E-state index < -0.39 is 0 Å². The molecule has 5 nitrogen and oxygen atoms in total. The van der Waals surface area contributed by atoms with Gasteiger partial charge in [-0.1, -0.05) is 26.0 Å². The minimum absolute atomic E-state index is 0.0713. The van der Waals surface area contributed by atoms with Gasteiger partial charge in [-0.2, -0.15) is 0 Å². The molecule has 22 heavy (non-hydrogen) atoms. The summed E-state index contributed by atoms with van der Waals surface area (Å²) in [6.45, 7) is 6.00. The van der Waals surface area contributed by atoms with Gasteiger partial charge in [0.05, 0.1) is 0 Å². The van der Waals surface area contributed by atoms with Crippen LogP contribution >= 0.6 is 0 Å². The monoisotopic (exact) mass is 304 g/mol. The molecule has 0 heterocycles. The molecule has 0 aromatic heterocycles. The molecular weight excluding hydrogens is 276 g/mol. The summed E-state index contributed by atoms with van der Waals surface area (Å²) in [4.78, 5) is 15.8. The van der Waals surface area contributed by atoms with Crippen molar-refractivity contribution in [2.24, 2.45) is 10.9 Å². The van der Waals surface area contributed by atoms with Gasteiger partial charge in [-0.25, -0.2) is 0 Å². The SMILES string of the molecule is CN=C(NCCCC(C)C)NCc1cccc(C(=O)NC)c1. The second-order valence-electron chi connectivity index (χ2n) is 5.67. The van der Waals surface area contributed by atoms with Crippen LogP contribution in [0, 0.1) is 5.92 Å². The van der Waals surface area contributed by atoms with E-state index in [9.17, 15) is 4.79 Å². The van der Waals surface area contributed by atoms with Gasteiger partial charge in [0.25, 0.3) is 5.91 Å². The number of hydrogen-bond acceptors (Lipinski definition) is 2. The Labute approximate surface area is 133 Å². The maximum atomic E-state index is 11.6. The predicted molar refractivity (Wildman–Crippen MR) is 92.1 cm³/mol. The number of rotatable bonds is 7. The van der Waals surface area contributed by atoms with Gasteiger partial charge in [0.2, 0.25) is 0 Å². The van der Waals surface area contributed by atoms with Gasteiger partial charge in [0, 0.05) is 32.7 Å². The maximum Gasteiger partial charge on any atom is 0.251 e. The second kappa shape index (κ2) is 9.82. The number of aliphatic imine (C=N–C) groups is 1. The molecule has 0 aliphatic heterocycles. The van der Waals surface area contributed by atoms with Crippen LogP contribution in [0.1, 0.15) is 42.6 Å². The number of nitrogens with zero attached hydrogens (tertiary/aromatic N) is 1. The van der Waals surface area contributed by atoms with E-state index in [1.807, 2.05) is 18.2 Å². The molecule has 122 valence electrons. The Bertz CT molecular complexity index is 497. The van der Waals surface area contributed by atoms with Crippen molar-refractivity contribution >= 4 is 11.9 Å². The van der Waals surface area contributed by atoms with Crippen molar-refractivity contribution < 1.29 is 4.79 Å². The van der Waals surface area contributed by atoms with Gasteiger partial charge >= 0.3 is 0 Å². The Balaban J connectivity index is 2.45. The standard InChI is InChI=1S/C17H28N4O/c1-13(2)7-6-10-20-17(19-4)21-12-14-8-5-9-15(11-14)16(22)18-3/h5,8-9,11,13H,6-7,10,12H2,1-4H3,(H,18,22)(H2,19,20,21). The topological polar surface area (TPSA) is 65.5 Å². The third-order valence-corrected chi connectivity index (χ3v) is 3.35. The smallest absolute Gasteiger partial charge is 0.251 e. The lowest BCUT2D eigenvalue weighted by Crippen LogP contribution is -2.37. The summed E-state index contributed by atoms with van der Waals surface area (Å²) in [5.41, 5.74) is 1.72. The third kappa shape index (κ3) is 6.61. The van der Waals surface area contributed by atoms with Crippen LogP contribution < -0.4 is 16.0 Å². The summed E-state index contributed by atoms with van der Waals surface area (Å²) >= 11 is 0. The minimum Gasteiger partial charge on any atom is -0.356 e. The van der Waals surface area contributed by atoms with Gasteiger partial charge in [0.1, 0.15) is 0 Å². The average molecular weight is 304 g/mol. The lowest BCUT2D eigenvalue weighted by Gasteiger charge is -2.13. The fourth-order valence-corrected chi connectivity index (χ4v) is 2.09. The zero-order valence-electron chi connectivity index (χ0n) is 14.1. The molecule has 1 aromatic rings. The lowest BCUT2D eigenvalue weighted by atomic mass is 10.1. The lowest BCUT2D eigenvalue weighted by molar-refractivity contribution is 0.0963. The Morgan fingerprint density at radius 2 is 2.05 bits per heavy atom. The molecule has 3 N–H and O–H groups in total. The fraction of sp³-hybridized carbons (Fsp3) is 0.529. The molecule has 1 rings (SSSR count). The number of hydrogen-bond donors (Lipinski definition) is 3. The largest absolute Gasteiger partial charge is 0.356 e. The molecule has 5 heteroatoms. The van der Waals surface area contributed by atoms with Crippen LogP contribution in [0.5, 0.6) is 0 Å². The van der Waals surface area contributed by atoms with Crippen LogP contribution in [0.3, 0.4) is 0 Å². The Hall–Kier alpha value is -2.04. The highest BCUT2D eigenvalue weighted by Gasteiger charge is 2.04. The summed E-state index contributed by atoms with van der Waals surface area (Å²) in [7, 11) is 3.40. The number of nitrogens with one attached hydrogen (secondary N) is 3. The molecule has 0 unspecified atom stereocenters. The first-order chi connectivity index (χ1) is 10.6. The quantitative estimate of drug-likeness (QED) is 0.411. The van der Waals surface area contributed by atoms with Crippen LogP contribution in [-0.2, 0) is 6.54 Å². The highest BCUT2D eigenvalue weighted by molar-refractivity contribution is 5.94. The molecule has 0 spiro atoms. The Morgan fingerprint density at radius 1 is 1.27 bits per heavy atom. The van der Waals surface area contributed by atoms with Crippen molar-refractivity contribution in [3.8, 4) is 0 Å². The Morgan fingerprint density at radius 3 is 2.68 bits per heavy atom. The summed E-state index contributed by atoms with van der Waals surface area (Å²) < 4.78 is 0. The molecule has 1 aromatic carbocycles. The normalized spacial score (nSPS) is 11.4. The number of benzene rings is 1. The van der Waals surface area contributed by atoms with E-state index in [4.69, 9.17) is 0 Å². The van der Waals surface area contributed by atoms with Crippen molar-refractivity contribution in [1.82, 2.24) is 16.0 Å². The van der Waals surface area contributed by atoms with E-state index >= 15 is 0 Å². The van der Waals surface area contributed by atoms with Crippen LogP contribution in [0.15, 0.2) is 29.3 Å². The first kappa shape index (κ1) is 18.0. The van der Waals surface area contributed by atoms with E-state index in [1.165, 1.54) is 6.42 Å². The predicted octanol–water partition coefficient (Wildman–Crippen LogP) is 2.15. The maximum absolute atomic E-state index is 11.6. The molecule has 0 saturated carbocycles. The summed E-state index contributed by atoms with van der Waals surface area (Å²) in [6.07, 6.45) is 2.34. The molecule has 0 bridgehead atoms. The molecule has 0 saturated heterocycles. The van der Waals surface area contributed by atoms with Crippen molar-refractivity contribution in [3.63, 3.8) is 0 Å². The number of amides is 1. The van der Waals surface area contributed by atoms with Crippen molar-refractivity contribution in [1.29, 1.82) is 0 Å². The summed E-state index contributed by atoms with van der Waals surface area (Å²) in [6, 6.07) is 7.57. The van der Waals surface area contributed by atoms with Gasteiger partial charge in [-0.3, -0.25) is 9.79 Å². The van der Waals surface area contributed by atoms with Crippen molar-refractivity contribution in [2.45, 2.75) is 33.2 Å². The second-order valence-corrected chi connectivity index (χ2v) is 5.67. The first-order valence-electron chi connectivity index (χ1n) is 7.82. The molecule has 0 atom stereocenters. The van der Waals surface area contributed by atoms with Crippen molar-refractivity contribution in [2.75, 3.05) is 20.6 Å². The zero-order chi connectivity index (χ0) is 16.4.